The number of hydrogen-bond donors (Lipinski definition) is 1. The lowest BCUT2D eigenvalue weighted by Gasteiger charge is -2.19. The van der Waals surface area contributed by atoms with E-state index in [1.54, 1.807) is 4.68 Å². The lowest BCUT2D eigenvalue weighted by Crippen LogP contribution is -2.16. The molecule has 28 heavy (non-hydrogen) atoms. The zero-order chi connectivity index (χ0) is 19.5. The van der Waals surface area contributed by atoms with Gasteiger partial charge in [0.2, 0.25) is 0 Å². The van der Waals surface area contributed by atoms with Crippen LogP contribution in [0.25, 0.3) is 11.3 Å². The van der Waals surface area contributed by atoms with E-state index in [9.17, 15) is 4.79 Å². The summed E-state index contributed by atoms with van der Waals surface area (Å²) < 4.78 is 12.7. The highest BCUT2D eigenvalue weighted by Crippen LogP contribution is 2.29. The monoisotopic (exact) mass is 380 g/mol. The molecule has 1 aliphatic heterocycles. The van der Waals surface area contributed by atoms with Crippen molar-refractivity contribution in [2.24, 2.45) is 7.05 Å². The molecule has 1 aromatic carbocycles. The van der Waals surface area contributed by atoms with Crippen molar-refractivity contribution < 1.29 is 14.1 Å². The second-order valence-corrected chi connectivity index (χ2v) is 7.00. The molecular weight excluding hydrogens is 356 g/mol. The van der Waals surface area contributed by atoms with Gasteiger partial charge in [0.25, 0.3) is 5.91 Å². The Labute approximate surface area is 163 Å². The molecule has 0 spiro atoms. The van der Waals surface area contributed by atoms with Crippen molar-refractivity contribution in [2.45, 2.75) is 32.1 Å². The van der Waals surface area contributed by atoms with Gasteiger partial charge in [-0.2, -0.15) is 5.10 Å². The summed E-state index contributed by atoms with van der Waals surface area (Å²) in [5.74, 6) is 1.24. The number of benzene rings is 1. The van der Waals surface area contributed by atoms with Crippen LogP contribution < -0.4 is 5.32 Å². The Hall–Kier alpha value is -2.93. The van der Waals surface area contributed by atoms with Crippen LogP contribution in [-0.2, 0) is 18.2 Å². The van der Waals surface area contributed by atoms with E-state index in [-0.39, 0.29) is 11.8 Å². The molecular formula is C21H24N4O3. The lowest BCUT2D eigenvalue weighted by molar-refractivity contribution is 0.0791. The summed E-state index contributed by atoms with van der Waals surface area (Å²) >= 11 is 0. The standard InChI is InChI=1S/C21H24N4O3/c1-3-17-19(20(24-28-17)14-8-5-4-6-9-14)21(26)22-18-12-16(23-25(18)2)15-10-7-11-27-13-15/h4-6,8-9,12,15H,3,7,10-11,13H2,1-2H3,(H,22,26). The highest BCUT2D eigenvalue weighted by Gasteiger charge is 2.25. The molecule has 1 saturated heterocycles. The first-order valence-electron chi connectivity index (χ1n) is 9.64. The summed E-state index contributed by atoms with van der Waals surface area (Å²) in [6.07, 6.45) is 2.66. The first-order valence-corrected chi connectivity index (χ1v) is 9.64. The predicted octanol–water partition coefficient (Wildman–Crippen LogP) is 3.78. The molecule has 7 heteroatoms. The number of aromatic nitrogens is 3. The smallest absolute Gasteiger partial charge is 0.262 e. The number of anilines is 1. The highest BCUT2D eigenvalue weighted by molar-refractivity contribution is 6.08. The maximum Gasteiger partial charge on any atom is 0.262 e. The summed E-state index contributed by atoms with van der Waals surface area (Å²) in [6, 6.07) is 11.5. The van der Waals surface area contributed by atoms with Crippen LogP contribution in [-0.4, -0.2) is 34.1 Å². The van der Waals surface area contributed by atoms with E-state index in [2.05, 4.69) is 15.6 Å². The molecule has 3 heterocycles. The van der Waals surface area contributed by atoms with Crippen LogP contribution in [0, 0.1) is 0 Å². The largest absolute Gasteiger partial charge is 0.381 e. The van der Waals surface area contributed by atoms with Gasteiger partial charge in [-0.25, -0.2) is 0 Å². The maximum absolute atomic E-state index is 13.1. The van der Waals surface area contributed by atoms with E-state index in [0.29, 0.717) is 35.9 Å². The van der Waals surface area contributed by atoms with Crippen LogP contribution in [0.3, 0.4) is 0 Å². The molecule has 0 aliphatic carbocycles. The SMILES string of the molecule is CCc1onc(-c2ccccc2)c1C(=O)Nc1cc(C2CCCOC2)nn1C. The van der Waals surface area contributed by atoms with Gasteiger partial charge in [0, 0.05) is 37.6 Å². The van der Waals surface area contributed by atoms with Gasteiger partial charge >= 0.3 is 0 Å². The minimum atomic E-state index is -0.244. The topological polar surface area (TPSA) is 82.2 Å². The van der Waals surface area contributed by atoms with Crippen molar-refractivity contribution in [3.05, 3.63) is 53.4 Å². The normalized spacial score (nSPS) is 16.9. The summed E-state index contributed by atoms with van der Waals surface area (Å²) in [5.41, 5.74) is 2.82. The Bertz CT molecular complexity index is 955. The number of ether oxygens (including phenoxy) is 1. The molecule has 146 valence electrons. The van der Waals surface area contributed by atoms with Gasteiger partial charge in [-0.05, 0) is 12.8 Å². The first kappa shape index (κ1) is 18.4. The van der Waals surface area contributed by atoms with Gasteiger partial charge in [0.05, 0.1) is 12.3 Å². The molecule has 2 aromatic heterocycles. The van der Waals surface area contributed by atoms with E-state index in [1.165, 1.54) is 0 Å². The predicted molar refractivity (Wildman–Crippen MR) is 105 cm³/mol. The number of carbonyl (C=O) groups is 1. The van der Waals surface area contributed by atoms with Crippen molar-refractivity contribution >= 4 is 11.7 Å². The number of aryl methyl sites for hydroxylation is 2. The second-order valence-electron chi connectivity index (χ2n) is 7.00. The van der Waals surface area contributed by atoms with Crippen molar-refractivity contribution in [1.29, 1.82) is 0 Å². The lowest BCUT2D eigenvalue weighted by atomic mass is 9.99. The fourth-order valence-corrected chi connectivity index (χ4v) is 3.55. The van der Waals surface area contributed by atoms with E-state index >= 15 is 0 Å². The van der Waals surface area contributed by atoms with Crippen molar-refractivity contribution in [3.8, 4) is 11.3 Å². The number of nitrogens with zero attached hydrogens (tertiary/aromatic N) is 3. The fraction of sp³-hybridized carbons (Fsp3) is 0.381. The molecule has 1 fully saturated rings. The first-order chi connectivity index (χ1) is 13.7. The second kappa shape index (κ2) is 7.98. The Morgan fingerprint density at radius 3 is 2.86 bits per heavy atom. The zero-order valence-electron chi connectivity index (χ0n) is 16.1. The summed E-state index contributed by atoms with van der Waals surface area (Å²) in [4.78, 5) is 13.1. The Kier molecular flexibility index (Phi) is 5.25. The molecule has 0 saturated carbocycles. The minimum Gasteiger partial charge on any atom is -0.381 e. The van der Waals surface area contributed by atoms with Crippen LogP contribution in [0.2, 0.25) is 0 Å². The quantitative estimate of drug-likeness (QED) is 0.728. The molecule has 3 aromatic rings. The van der Waals surface area contributed by atoms with Gasteiger partial charge in [0.1, 0.15) is 22.8 Å². The average molecular weight is 380 g/mol. The van der Waals surface area contributed by atoms with Crippen LogP contribution in [0.4, 0.5) is 5.82 Å². The van der Waals surface area contributed by atoms with Crippen LogP contribution >= 0.6 is 0 Å². The summed E-state index contributed by atoms with van der Waals surface area (Å²) in [5, 5.41) is 11.7. The van der Waals surface area contributed by atoms with Crippen LogP contribution in [0.5, 0.6) is 0 Å². The summed E-state index contributed by atoms with van der Waals surface area (Å²) in [7, 11) is 1.83. The molecule has 7 nitrogen and oxygen atoms in total. The number of carbonyl (C=O) groups excluding carboxylic acids is 1. The van der Waals surface area contributed by atoms with Gasteiger partial charge in [-0.15, -0.1) is 0 Å². The third kappa shape index (κ3) is 3.57. The molecule has 1 amide bonds. The van der Waals surface area contributed by atoms with E-state index in [4.69, 9.17) is 9.26 Å². The van der Waals surface area contributed by atoms with E-state index in [0.717, 1.165) is 30.7 Å². The number of rotatable bonds is 5. The van der Waals surface area contributed by atoms with Crippen molar-refractivity contribution in [2.75, 3.05) is 18.5 Å². The Morgan fingerprint density at radius 1 is 1.32 bits per heavy atom. The minimum absolute atomic E-state index is 0.244. The molecule has 1 unspecified atom stereocenters. The fourth-order valence-electron chi connectivity index (χ4n) is 3.55. The number of hydrogen-bond acceptors (Lipinski definition) is 5. The average Bonchev–Trinajstić information content (AvgIpc) is 3.33. The Balaban J connectivity index is 1.61. The number of amides is 1. The van der Waals surface area contributed by atoms with E-state index < -0.39 is 0 Å². The molecule has 4 rings (SSSR count). The third-order valence-electron chi connectivity index (χ3n) is 5.08. The van der Waals surface area contributed by atoms with Crippen LogP contribution in [0.15, 0.2) is 40.9 Å². The van der Waals surface area contributed by atoms with Gasteiger partial charge in [-0.3, -0.25) is 9.48 Å². The molecule has 1 N–H and O–H groups in total. The van der Waals surface area contributed by atoms with Gasteiger partial charge in [-0.1, -0.05) is 42.4 Å². The van der Waals surface area contributed by atoms with Crippen molar-refractivity contribution in [3.63, 3.8) is 0 Å². The molecule has 0 bridgehead atoms. The van der Waals surface area contributed by atoms with Gasteiger partial charge < -0.3 is 14.6 Å². The van der Waals surface area contributed by atoms with E-state index in [1.807, 2.05) is 50.4 Å². The zero-order valence-corrected chi connectivity index (χ0v) is 16.1. The van der Waals surface area contributed by atoms with Gasteiger partial charge in [0.15, 0.2) is 0 Å². The molecule has 0 radical (unpaired) electrons. The summed E-state index contributed by atoms with van der Waals surface area (Å²) in [6.45, 7) is 3.42. The maximum atomic E-state index is 13.1. The number of nitrogens with one attached hydrogen (secondary N) is 1. The molecule has 1 atom stereocenters. The third-order valence-corrected chi connectivity index (χ3v) is 5.08. The molecule has 1 aliphatic rings. The van der Waals surface area contributed by atoms with Crippen LogP contribution in [0.1, 0.15) is 47.5 Å². The van der Waals surface area contributed by atoms with Crippen molar-refractivity contribution in [1.82, 2.24) is 14.9 Å². The Morgan fingerprint density at radius 2 is 2.14 bits per heavy atom. The highest BCUT2D eigenvalue weighted by atomic mass is 16.5.